The third kappa shape index (κ3) is 84.3. The van der Waals surface area contributed by atoms with Crippen molar-refractivity contribution >= 4 is 39.5 Å². The van der Waals surface area contributed by atoms with Crippen molar-refractivity contribution in [3.63, 3.8) is 0 Å². The molecule has 0 saturated carbocycles. The van der Waals surface area contributed by atoms with Crippen molar-refractivity contribution in [2.75, 3.05) is 39.6 Å². The molecule has 0 aliphatic heterocycles. The quantitative estimate of drug-likeness (QED) is 0.0222. The molecule has 3 unspecified atom stereocenters. The van der Waals surface area contributed by atoms with E-state index in [0.717, 1.165) is 102 Å². The number of esters is 4. The number of hydrogen-bond donors (Lipinski definition) is 3. The summed E-state index contributed by atoms with van der Waals surface area (Å²) in [6.45, 7) is 9.79. The van der Waals surface area contributed by atoms with E-state index in [2.05, 4.69) is 41.5 Å². The molecule has 0 radical (unpaired) electrons. The molecule has 0 spiro atoms. The molecule has 0 heterocycles. The number of aliphatic hydroxyl groups excluding tert-OH is 1. The van der Waals surface area contributed by atoms with Gasteiger partial charge in [0.05, 0.1) is 26.4 Å². The van der Waals surface area contributed by atoms with E-state index in [0.29, 0.717) is 25.7 Å². The van der Waals surface area contributed by atoms with Gasteiger partial charge in [0.15, 0.2) is 12.2 Å². The molecule has 6 atom stereocenters. The molecule has 0 aromatic carbocycles. The van der Waals surface area contributed by atoms with Gasteiger partial charge in [-0.2, -0.15) is 0 Å². The van der Waals surface area contributed by atoms with Crippen LogP contribution in [0.25, 0.3) is 0 Å². The summed E-state index contributed by atoms with van der Waals surface area (Å²) in [6.07, 6.45) is 77.7. The van der Waals surface area contributed by atoms with Crippen molar-refractivity contribution < 1.29 is 80.2 Å². The summed E-state index contributed by atoms with van der Waals surface area (Å²) in [5.74, 6) is -0.441. The molecule has 3 N–H and O–H groups in total. The molecule has 0 aliphatic carbocycles. The number of carbonyl (C=O) groups is 4. The van der Waals surface area contributed by atoms with Gasteiger partial charge in [-0.3, -0.25) is 37.3 Å². The first-order valence-corrected chi connectivity index (χ1v) is 50.5. The van der Waals surface area contributed by atoms with E-state index in [9.17, 15) is 43.2 Å². The van der Waals surface area contributed by atoms with Gasteiger partial charge in [0, 0.05) is 25.7 Å². The number of carbonyl (C=O) groups excluding carboxylic acids is 4. The van der Waals surface area contributed by atoms with E-state index in [-0.39, 0.29) is 25.7 Å². The van der Waals surface area contributed by atoms with Crippen LogP contribution in [0.3, 0.4) is 0 Å². The molecule has 0 aromatic heterocycles. The maximum atomic E-state index is 13.2. The van der Waals surface area contributed by atoms with Gasteiger partial charge in [-0.25, -0.2) is 9.13 Å². The van der Waals surface area contributed by atoms with Crippen LogP contribution < -0.4 is 0 Å². The second-order valence-electron chi connectivity index (χ2n) is 33.8. The Hall–Kier alpha value is -1.94. The molecular formula is C92H180O17P2. The lowest BCUT2D eigenvalue weighted by molar-refractivity contribution is -0.161. The largest absolute Gasteiger partial charge is 0.472 e. The molecule has 0 bridgehead atoms. The average Bonchev–Trinajstić information content (AvgIpc) is 0.897. The van der Waals surface area contributed by atoms with Crippen LogP contribution in [0, 0.1) is 11.8 Å². The fourth-order valence-electron chi connectivity index (χ4n) is 14.4. The van der Waals surface area contributed by atoms with Crippen molar-refractivity contribution in [2.24, 2.45) is 11.8 Å². The number of phosphoric acid groups is 2. The smallest absolute Gasteiger partial charge is 0.462 e. The highest BCUT2D eigenvalue weighted by atomic mass is 31.2. The summed E-state index contributed by atoms with van der Waals surface area (Å²) in [6, 6.07) is 0. The number of ether oxygens (including phenoxy) is 4. The zero-order chi connectivity index (χ0) is 81.3. The van der Waals surface area contributed by atoms with Crippen LogP contribution in [0.5, 0.6) is 0 Å². The van der Waals surface area contributed by atoms with Crippen LogP contribution in [-0.4, -0.2) is 96.7 Å². The van der Waals surface area contributed by atoms with Crippen LogP contribution >= 0.6 is 15.6 Å². The van der Waals surface area contributed by atoms with Crippen molar-refractivity contribution in [1.29, 1.82) is 0 Å². The van der Waals surface area contributed by atoms with Crippen LogP contribution in [0.15, 0.2) is 0 Å². The highest BCUT2D eigenvalue weighted by Crippen LogP contribution is 2.45. The SMILES string of the molecule is CCCCCCCCCCCCCCCCCCCCCCCCC(=O)O[C@H](COC(=O)CCCCCCCCCCCCCCCCCC(C)C)COP(=O)(O)OC[C@@H](O)COP(=O)(O)OC[C@@H](COC(=O)CCCCCCCCCCCCCCC)OC(=O)CCCCCCCCCCCCCCCCC(C)CC. The summed E-state index contributed by atoms with van der Waals surface area (Å²) >= 11 is 0. The fourth-order valence-corrected chi connectivity index (χ4v) is 16.0. The Kier molecular flexibility index (Phi) is 81.7. The minimum atomic E-state index is -4.97. The normalized spacial score (nSPS) is 14.0. The highest BCUT2D eigenvalue weighted by molar-refractivity contribution is 7.47. The van der Waals surface area contributed by atoms with Gasteiger partial charge in [-0.1, -0.05) is 446 Å². The Morgan fingerprint density at radius 1 is 0.261 bits per heavy atom. The van der Waals surface area contributed by atoms with Gasteiger partial charge < -0.3 is 33.8 Å². The van der Waals surface area contributed by atoms with Crippen LogP contribution in [0.4, 0.5) is 0 Å². The predicted octanol–water partition coefficient (Wildman–Crippen LogP) is 28.6. The molecule has 17 nitrogen and oxygen atoms in total. The molecule has 0 fully saturated rings. The van der Waals surface area contributed by atoms with Crippen LogP contribution in [0.2, 0.25) is 0 Å². The molecule has 0 rings (SSSR count). The summed E-state index contributed by atoms with van der Waals surface area (Å²) in [7, 11) is -9.94. The summed E-state index contributed by atoms with van der Waals surface area (Å²) in [5.41, 5.74) is 0. The Labute approximate surface area is 683 Å². The average molecular weight is 1620 g/mol. The number of rotatable bonds is 91. The molecule has 111 heavy (non-hydrogen) atoms. The molecule has 660 valence electrons. The Morgan fingerprint density at radius 3 is 0.685 bits per heavy atom. The number of aliphatic hydroxyl groups is 1. The van der Waals surface area contributed by atoms with E-state index in [1.807, 2.05) is 0 Å². The number of hydrogen-bond acceptors (Lipinski definition) is 15. The van der Waals surface area contributed by atoms with Gasteiger partial charge in [0.2, 0.25) is 0 Å². The predicted molar refractivity (Wildman–Crippen MR) is 460 cm³/mol. The first-order valence-electron chi connectivity index (χ1n) is 47.5. The maximum absolute atomic E-state index is 13.2. The van der Waals surface area contributed by atoms with E-state index in [4.69, 9.17) is 37.0 Å². The molecule has 0 amide bonds. The third-order valence-corrected chi connectivity index (χ3v) is 24.0. The van der Waals surface area contributed by atoms with Crippen molar-refractivity contribution in [3.8, 4) is 0 Å². The molecule has 19 heteroatoms. The zero-order valence-corrected chi connectivity index (χ0v) is 75.1. The van der Waals surface area contributed by atoms with Gasteiger partial charge in [0.25, 0.3) is 0 Å². The molecule has 0 aliphatic rings. The molecule has 0 saturated heterocycles. The topological polar surface area (TPSA) is 237 Å². The van der Waals surface area contributed by atoms with E-state index in [1.54, 1.807) is 0 Å². The lowest BCUT2D eigenvalue weighted by atomic mass is 9.99. The van der Waals surface area contributed by atoms with E-state index >= 15 is 0 Å². The van der Waals surface area contributed by atoms with Crippen molar-refractivity contribution in [3.05, 3.63) is 0 Å². The van der Waals surface area contributed by atoms with Gasteiger partial charge in [-0.05, 0) is 37.5 Å². The zero-order valence-electron chi connectivity index (χ0n) is 73.3. The second-order valence-corrected chi connectivity index (χ2v) is 36.7. The van der Waals surface area contributed by atoms with Gasteiger partial charge in [-0.15, -0.1) is 0 Å². The van der Waals surface area contributed by atoms with Crippen LogP contribution in [0.1, 0.15) is 497 Å². The Morgan fingerprint density at radius 2 is 0.459 bits per heavy atom. The van der Waals surface area contributed by atoms with Gasteiger partial charge >= 0.3 is 39.5 Å². The summed E-state index contributed by atoms with van der Waals surface area (Å²) < 4.78 is 69.1. The lowest BCUT2D eigenvalue weighted by Crippen LogP contribution is -2.30. The second kappa shape index (κ2) is 83.1. The highest BCUT2D eigenvalue weighted by Gasteiger charge is 2.31. The summed E-state index contributed by atoms with van der Waals surface area (Å²) in [4.78, 5) is 73.5. The third-order valence-electron chi connectivity index (χ3n) is 22.1. The number of phosphoric ester groups is 2. The maximum Gasteiger partial charge on any atom is 0.472 e. The standard InChI is InChI=1S/C92H180O17P2/c1-7-10-12-14-16-18-20-22-23-24-25-26-27-28-29-32-40-46-52-58-64-70-76-91(96)108-88(81-103-90(95)75-69-63-57-51-45-39-33-30-31-37-42-48-54-60-66-72-84(4)5)83-107-111(100,101)105-79-86(93)78-104-110(98,99)106-82-87(80-102-89(94)74-68-62-56-50-44-36-21-19-17-15-13-11-8-2)109-92(97)77-71-65-59-53-47-41-35-34-38-43-49-55-61-67-73-85(6)9-3/h84-88,93H,7-83H2,1-6H3,(H,98,99)(H,100,101)/t85?,86-,87+,88+/m0/s1. The minimum Gasteiger partial charge on any atom is -0.462 e. The first-order chi connectivity index (χ1) is 53.9. The Balaban J connectivity index is 5.26. The van der Waals surface area contributed by atoms with Crippen molar-refractivity contribution in [1.82, 2.24) is 0 Å². The fraction of sp³-hybridized carbons (Fsp3) is 0.957. The minimum absolute atomic E-state index is 0.108. The molecule has 0 aromatic rings. The van der Waals surface area contributed by atoms with Gasteiger partial charge in [0.1, 0.15) is 19.3 Å². The first kappa shape index (κ1) is 109. The van der Waals surface area contributed by atoms with E-state index < -0.39 is 97.5 Å². The molecular weight excluding hydrogens is 1440 g/mol. The van der Waals surface area contributed by atoms with E-state index in [1.165, 1.54) is 315 Å². The number of unbranched alkanes of at least 4 members (excludes halogenated alkanes) is 60. The van der Waals surface area contributed by atoms with Crippen LogP contribution in [-0.2, 0) is 65.4 Å². The monoisotopic (exact) mass is 1620 g/mol. The lowest BCUT2D eigenvalue weighted by Gasteiger charge is -2.21. The Bertz CT molecular complexity index is 2120. The van der Waals surface area contributed by atoms with Crippen molar-refractivity contribution in [2.45, 2.75) is 516 Å². The summed E-state index contributed by atoms with van der Waals surface area (Å²) in [5, 5.41) is 10.7.